The van der Waals surface area contributed by atoms with E-state index in [1.54, 1.807) is 12.1 Å². The van der Waals surface area contributed by atoms with Gasteiger partial charge in [-0.05, 0) is 55.1 Å². The highest BCUT2D eigenvalue weighted by atomic mass is 35.5. The van der Waals surface area contributed by atoms with Gasteiger partial charge < -0.3 is 10.6 Å². The van der Waals surface area contributed by atoms with Gasteiger partial charge in [0, 0.05) is 32.1 Å². The molecule has 2 saturated heterocycles. The van der Waals surface area contributed by atoms with Crippen LogP contribution in [0.15, 0.2) is 54.6 Å². The number of piperidine rings is 1. The van der Waals surface area contributed by atoms with Crippen molar-refractivity contribution in [2.24, 2.45) is 17.6 Å². The number of carbonyl (C=O) groups is 1. The van der Waals surface area contributed by atoms with Crippen LogP contribution in [-0.4, -0.2) is 48.4 Å². The molecule has 4 rings (SSSR count). The molecule has 2 aliphatic heterocycles. The summed E-state index contributed by atoms with van der Waals surface area (Å²) >= 11 is 0. The summed E-state index contributed by atoms with van der Waals surface area (Å²) in [6, 6.07) is 17.2. The maximum Gasteiger partial charge on any atom is 0.227 e. The zero-order chi connectivity index (χ0) is 20.2. The lowest BCUT2D eigenvalue weighted by Gasteiger charge is -2.34. The fraction of sp³-hybridized carbons (Fsp3) is 0.458. The van der Waals surface area contributed by atoms with Gasteiger partial charge in [0.1, 0.15) is 5.82 Å². The second kappa shape index (κ2) is 11.8. The van der Waals surface area contributed by atoms with Crippen LogP contribution >= 0.6 is 24.8 Å². The molecule has 4 nitrogen and oxygen atoms in total. The molecule has 1 unspecified atom stereocenters. The average Bonchev–Trinajstić information content (AvgIpc) is 3.18. The van der Waals surface area contributed by atoms with Gasteiger partial charge in [-0.2, -0.15) is 0 Å². The predicted octanol–water partition coefficient (Wildman–Crippen LogP) is 4.08. The SMILES string of the molecule is Cl.Cl.NC[C@@H]1CN(C(=O)C2CCCN(Cc3cccc(F)c3)C2)C[C@H]1c1ccccc1. The van der Waals surface area contributed by atoms with Crippen LogP contribution in [0, 0.1) is 17.7 Å². The number of nitrogens with zero attached hydrogens (tertiary/aromatic N) is 2. The molecule has 0 radical (unpaired) electrons. The normalized spacial score (nSPS) is 23.7. The fourth-order valence-corrected chi connectivity index (χ4v) is 4.92. The average molecular weight is 468 g/mol. The van der Waals surface area contributed by atoms with Crippen LogP contribution in [0.3, 0.4) is 0 Å². The van der Waals surface area contributed by atoms with E-state index >= 15 is 0 Å². The molecule has 2 aromatic rings. The molecule has 7 heteroatoms. The number of amides is 1. The van der Waals surface area contributed by atoms with Crippen molar-refractivity contribution in [2.75, 3.05) is 32.7 Å². The lowest BCUT2D eigenvalue weighted by molar-refractivity contribution is -0.136. The van der Waals surface area contributed by atoms with Crippen LogP contribution in [0.1, 0.15) is 29.9 Å². The highest BCUT2D eigenvalue weighted by Crippen LogP contribution is 2.33. The van der Waals surface area contributed by atoms with Crippen molar-refractivity contribution >= 4 is 30.7 Å². The van der Waals surface area contributed by atoms with Gasteiger partial charge in [-0.1, -0.05) is 42.5 Å². The van der Waals surface area contributed by atoms with Gasteiger partial charge in [0.05, 0.1) is 5.92 Å². The first-order valence-electron chi connectivity index (χ1n) is 10.6. The number of halogens is 3. The Kier molecular flexibility index (Phi) is 9.76. The standard InChI is InChI=1S/C24H30FN3O.2ClH/c25-22-10-4-6-18(12-22)14-27-11-5-9-20(15-27)24(29)28-16-21(13-26)23(17-28)19-7-2-1-3-8-19;;/h1-4,6-8,10,12,20-21,23H,5,9,11,13-17,26H2;2*1H/t20?,21-,23+;;/m1../s1. The summed E-state index contributed by atoms with van der Waals surface area (Å²) in [6.45, 7) is 4.49. The molecular weight excluding hydrogens is 436 g/mol. The molecule has 2 aromatic carbocycles. The van der Waals surface area contributed by atoms with Crippen molar-refractivity contribution in [2.45, 2.75) is 25.3 Å². The Morgan fingerprint density at radius 1 is 1.03 bits per heavy atom. The molecule has 170 valence electrons. The molecule has 3 atom stereocenters. The van der Waals surface area contributed by atoms with E-state index in [1.807, 2.05) is 17.0 Å². The molecule has 1 amide bonds. The summed E-state index contributed by atoms with van der Waals surface area (Å²) in [5.41, 5.74) is 8.28. The Bertz CT molecular complexity index is 839. The minimum absolute atomic E-state index is 0. The third kappa shape index (κ3) is 6.19. The van der Waals surface area contributed by atoms with Gasteiger partial charge in [0.15, 0.2) is 0 Å². The summed E-state index contributed by atoms with van der Waals surface area (Å²) < 4.78 is 13.5. The highest BCUT2D eigenvalue weighted by molar-refractivity contribution is 5.85. The van der Waals surface area contributed by atoms with Crippen molar-refractivity contribution in [1.82, 2.24) is 9.80 Å². The van der Waals surface area contributed by atoms with E-state index in [-0.39, 0.29) is 42.5 Å². The molecule has 2 aliphatic rings. The number of rotatable bonds is 5. The van der Waals surface area contributed by atoms with Gasteiger partial charge in [0.25, 0.3) is 0 Å². The van der Waals surface area contributed by atoms with Crippen molar-refractivity contribution in [1.29, 1.82) is 0 Å². The van der Waals surface area contributed by atoms with Gasteiger partial charge in [-0.3, -0.25) is 9.69 Å². The van der Waals surface area contributed by atoms with E-state index in [9.17, 15) is 9.18 Å². The second-order valence-electron chi connectivity index (χ2n) is 8.46. The summed E-state index contributed by atoms with van der Waals surface area (Å²) in [5, 5.41) is 0. The van der Waals surface area contributed by atoms with Crippen molar-refractivity contribution < 1.29 is 9.18 Å². The largest absolute Gasteiger partial charge is 0.341 e. The smallest absolute Gasteiger partial charge is 0.227 e. The molecule has 0 spiro atoms. The number of carbonyl (C=O) groups excluding carboxylic acids is 1. The van der Waals surface area contributed by atoms with E-state index in [0.717, 1.165) is 44.6 Å². The Balaban J connectivity index is 0.00000171. The number of nitrogens with two attached hydrogens (primary N) is 1. The first kappa shape index (κ1) is 25.6. The summed E-state index contributed by atoms with van der Waals surface area (Å²) in [7, 11) is 0. The maximum atomic E-state index is 13.5. The first-order chi connectivity index (χ1) is 14.1. The summed E-state index contributed by atoms with van der Waals surface area (Å²) in [4.78, 5) is 17.6. The topological polar surface area (TPSA) is 49.6 Å². The van der Waals surface area contributed by atoms with E-state index < -0.39 is 0 Å². The molecule has 0 saturated carbocycles. The van der Waals surface area contributed by atoms with Crippen LogP contribution in [0.5, 0.6) is 0 Å². The quantitative estimate of drug-likeness (QED) is 0.720. The number of hydrogen-bond donors (Lipinski definition) is 1. The molecule has 2 heterocycles. The first-order valence-corrected chi connectivity index (χ1v) is 10.6. The van der Waals surface area contributed by atoms with E-state index in [0.29, 0.717) is 24.9 Å². The minimum Gasteiger partial charge on any atom is -0.341 e. The van der Waals surface area contributed by atoms with Crippen LogP contribution in [0.4, 0.5) is 4.39 Å². The monoisotopic (exact) mass is 467 g/mol. The molecule has 0 aromatic heterocycles. The molecule has 2 N–H and O–H groups in total. The van der Waals surface area contributed by atoms with Crippen LogP contribution < -0.4 is 5.73 Å². The summed E-state index contributed by atoms with van der Waals surface area (Å²) in [5.74, 6) is 0.700. The Labute approximate surface area is 196 Å². The van der Waals surface area contributed by atoms with Crippen molar-refractivity contribution in [3.05, 3.63) is 71.5 Å². The molecule has 0 bridgehead atoms. The predicted molar refractivity (Wildman–Crippen MR) is 127 cm³/mol. The Morgan fingerprint density at radius 2 is 1.81 bits per heavy atom. The van der Waals surface area contributed by atoms with Crippen molar-refractivity contribution in [3.8, 4) is 0 Å². The number of hydrogen-bond acceptors (Lipinski definition) is 3. The minimum atomic E-state index is -0.205. The third-order valence-electron chi connectivity index (χ3n) is 6.43. The number of likely N-dealkylation sites (tertiary alicyclic amines) is 2. The zero-order valence-electron chi connectivity index (χ0n) is 17.7. The van der Waals surface area contributed by atoms with Crippen LogP contribution in [-0.2, 0) is 11.3 Å². The number of benzene rings is 2. The fourth-order valence-electron chi connectivity index (χ4n) is 4.92. The van der Waals surface area contributed by atoms with E-state index in [1.165, 1.54) is 11.6 Å². The van der Waals surface area contributed by atoms with Gasteiger partial charge >= 0.3 is 0 Å². The zero-order valence-corrected chi connectivity index (χ0v) is 19.3. The molecular formula is C24H32Cl2FN3O. The molecule has 0 aliphatic carbocycles. The lowest BCUT2D eigenvalue weighted by atomic mass is 9.89. The van der Waals surface area contributed by atoms with Gasteiger partial charge in [-0.15, -0.1) is 24.8 Å². The van der Waals surface area contributed by atoms with Gasteiger partial charge in [0.2, 0.25) is 5.91 Å². The van der Waals surface area contributed by atoms with Crippen LogP contribution in [0.2, 0.25) is 0 Å². The highest BCUT2D eigenvalue weighted by Gasteiger charge is 2.38. The van der Waals surface area contributed by atoms with E-state index in [2.05, 4.69) is 29.2 Å². The molecule has 2 fully saturated rings. The Morgan fingerprint density at radius 3 is 2.52 bits per heavy atom. The second-order valence-corrected chi connectivity index (χ2v) is 8.46. The maximum absolute atomic E-state index is 13.5. The third-order valence-corrected chi connectivity index (χ3v) is 6.43. The lowest BCUT2D eigenvalue weighted by Crippen LogP contribution is -2.44. The Hall–Kier alpha value is -1.66. The van der Waals surface area contributed by atoms with Crippen molar-refractivity contribution in [3.63, 3.8) is 0 Å². The van der Waals surface area contributed by atoms with Gasteiger partial charge in [-0.25, -0.2) is 4.39 Å². The summed E-state index contributed by atoms with van der Waals surface area (Å²) in [6.07, 6.45) is 1.93. The molecule has 31 heavy (non-hydrogen) atoms. The van der Waals surface area contributed by atoms with Crippen LogP contribution in [0.25, 0.3) is 0 Å². The van der Waals surface area contributed by atoms with E-state index in [4.69, 9.17) is 5.73 Å².